The summed E-state index contributed by atoms with van der Waals surface area (Å²) >= 11 is 0. The first-order valence-electron chi connectivity index (χ1n) is 5.90. The Morgan fingerprint density at radius 3 is 2.53 bits per heavy atom. The quantitative estimate of drug-likeness (QED) is 0.788. The number of hydrogen-bond donors (Lipinski definition) is 1. The third-order valence-corrected chi connectivity index (χ3v) is 3.58. The first-order valence-corrected chi connectivity index (χ1v) is 5.90. The molecule has 0 unspecified atom stereocenters. The molecule has 1 nitrogen and oxygen atoms in total. The molecule has 1 heteroatoms. The minimum Gasteiger partial charge on any atom is -0.385 e. The molecule has 2 rings (SSSR count). The molecule has 0 radical (unpaired) electrons. The highest BCUT2D eigenvalue weighted by molar-refractivity contribution is 5.86. The standard InChI is InChI=1S/C16H18O/c1-4-12(2)16(3,17)15-11-7-9-13-8-5-6-10-14(13)15/h4-12,17H,1H2,2-3H3/t12-,16-/m0/s1. The Hall–Kier alpha value is -1.60. The van der Waals surface area contributed by atoms with Crippen molar-refractivity contribution in [3.05, 3.63) is 60.7 Å². The van der Waals surface area contributed by atoms with E-state index in [2.05, 4.69) is 24.8 Å². The highest BCUT2D eigenvalue weighted by Gasteiger charge is 2.29. The molecular weight excluding hydrogens is 208 g/mol. The van der Waals surface area contributed by atoms with E-state index in [0.717, 1.165) is 16.3 Å². The third-order valence-electron chi connectivity index (χ3n) is 3.58. The Kier molecular flexibility index (Phi) is 3.03. The largest absolute Gasteiger partial charge is 0.385 e. The molecule has 0 aliphatic carbocycles. The molecule has 0 heterocycles. The second-order valence-corrected chi connectivity index (χ2v) is 4.70. The van der Waals surface area contributed by atoms with Gasteiger partial charge in [-0.05, 0) is 23.3 Å². The van der Waals surface area contributed by atoms with E-state index in [-0.39, 0.29) is 5.92 Å². The van der Waals surface area contributed by atoms with Gasteiger partial charge in [0.2, 0.25) is 0 Å². The van der Waals surface area contributed by atoms with Gasteiger partial charge >= 0.3 is 0 Å². The van der Waals surface area contributed by atoms with Gasteiger partial charge in [0.15, 0.2) is 0 Å². The normalized spacial score (nSPS) is 16.4. The molecule has 0 saturated carbocycles. The predicted octanol–water partition coefficient (Wildman–Crippen LogP) is 3.87. The van der Waals surface area contributed by atoms with Gasteiger partial charge < -0.3 is 5.11 Å². The zero-order valence-electron chi connectivity index (χ0n) is 10.4. The molecule has 0 bridgehead atoms. The fraction of sp³-hybridized carbons (Fsp3) is 0.250. The fourth-order valence-electron chi connectivity index (χ4n) is 2.14. The molecule has 0 aliphatic rings. The lowest BCUT2D eigenvalue weighted by atomic mass is 9.82. The summed E-state index contributed by atoms with van der Waals surface area (Å²) in [6.07, 6.45) is 1.79. The van der Waals surface area contributed by atoms with Crippen molar-refractivity contribution in [2.24, 2.45) is 5.92 Å². The van der Waals surface area contributed by atoms with Crippen LogP contribution in [0.4, 0.5) is 0 Å². The summed E-state index contributed by atoms with van der Waals surface area (Å²) in [5, 5.41) is 12.9. The lowest BCUT2D eigenvalue weighted by Crippen LogP contribution is -2.28. The summed E-state index contributed by atoms with van der Waals surface area (Å²) < 4.78 is 0. The minimum absolute atomic E-state index is 0.00769. The van der Waals surface area contributed by atoms with E-state index >= 15 is 0 Å². The van der Waals surface area contributed by atoms with Gasteiger partial charge in [0, 0.05) is 5.92 Å². The molecule has 0 amide bonds. The molecule has 0 aliphatic heterocycles. The molecule has 0 saturated heterocycles. The molecule has 2 aromatic carbocycles. The van der Waals surface area contributed by atoms with E-state index in [4.69, 9.17) is 0 Å². The van der Waals surface area contributed by atoms with E-state index in [1.165, 1.54) is 0 Å². The zero-order chi connectivity index (χ0) is 12.5. The average molecular weight is 226 g/mol. The van der Waals surface area contributed by atoms with Crippen LogP contribution in [0.1, 0.15) is 19.4 Å². The minimum atomic E-state index is -0.886. The fourth-order valence-corrected chi connectivity index (χ4v) is 2.14. The van der Waals surface area contributed by atoms with E-state index in [0.29, 0.717) is 0 Å². The Labute approximate surface area is 102 Å². The number of fused-ring (bicyclic) bond motifs is 1. The van der Waals surface area contributed by atoms with Crippen molar-refractivity contribution < 1.29 is 5.11 Å². The van der Waals surface area contributed by atoms with Crippen LogP contribution in [-0.2, 0) is 5.60 Å². The number of hydrogen-bond acceptors (Lipinski definition) is 1. The number of rotatable bonds is 3. The molecule has 17 heavy (non-hydrogen) atoms. The third kappa shape index (κ3) is 1.98. The predicted molar refractivity (Wildman–Crippen MR) is 72.9 cm³/mol. The first-order chi connectivity index (χ1) is 8.07. The molecule has 0 aromatic heterocycles. The molecule has 1 N–H and O–H groups in total. The van der Waals surface area contributed by atoms with Crippen LogP contribution in [0.25, 0.3) is 10.8 Å². The van der Waals surface area contributed by atoms with Crippen LogP contribution >= 0.6 is 0 Å². The maximum atomic E-state index is 10.7. The summed E-state index contributed by atoms with van der Waals surface area (Å²) in [4.78, 5) is 0. The van der Waals surface area contributed by atoms with Gasteiger partial charge in [-0.25, -0.2) is 0 Å². The SMILES string of the molecule is C=C[C@H](C)[C@](C)(O)c1cccc2ccccc12. The number of benzene rings is 2. The van der Waals surface area contributed by atoms with E-state index in [1.54, 1.807) is 6.08 Å². The van der Waals surface area contributed by atoms with Crippen LogP contribution in [0.2, 0.25) is 0 Å². The topological polar surface area (TPSA) is 20.2 Å². The lowest BCUT2D eigenvalue weighted by molar-refractivity contribution is 0.0220. The van der Waals surface area contributed by atoms with Crippen LogP contribution in [0, 0.1) is 5.92 Å². The molecule has 0 spiro atoms. The monoisotopic (exact) mass is 226 g/mol. The second-order valence-electron chi connectivity index (χ2n) is 4.70. The molecule has 88 valence electrons. The Morgan fingerprint density at radius 1 is 1.18 bits per heavy atom. The highest BCUT2D eigenvalue weighted by Crippen LogP contribution is 2.34. The van der Waals surface area contributed by atoms with E-state index < -0.39 is 5.60 Å². The van der Waals surface area contributed by atoms with E-state index in [9.17, 15) is 5.11 Å². The van der Waals surface area contributed by atoms with Gasteiger partial charge in [-0.3, -0.25) is 0 Å². The average Bonchev–Trinajstić information content (AvgIpc) is 2.37. The van der Waals surface area contributed by atoms with Crippen LogP contribution < -0.4 is 0 Å². The maximum absolute atomic E-state index is 10.7. The summed E-state index contributed by atoms with van der Waals surface area (Å²) in [6.45, 7) is 7.60. The van der Waals surface area contributed by atoms with Crippen molar-refractivity contribution in [2.45, 2.75) is 19.4 Å². The number of aliphatic hydroxyl groups is 1. The Morgan fingerprint density at radius 2 is 1.82 bits per heavy atom. The summed E-state index contributed by atoms with van der Waals surface area (Å²) in [5.41, 5.74) is 0.0748. The van der Waals surface area contributed by atoms with Crippen LogP contribution in [0.3, 0.4) is 0 Å². The van der Waals surface area contributed by atoms with Crippen LogP contribution in [0.15, 0.2) is 55.1 Å². The van der Waals surface area contributed by atoms with Gasteiger partial charge in [0.1, 0.15) is 0 Å². The Balaban J connectivity index is 2.66. The summed E-state index contributed by atoms with van der Waals surface area (Å²) in [7, 11) is 0. The van der Waals surface area contributed by atoms with Gasteiger partial charge in [-0.1, -0.05) is 55.5 Å². The van der Waals surface area contributed by atoms with Gasteiger partial charge in [-0.2, -0.15) is 0 Å². The van der Waals surface area contributed by atoms with Crippen molar-refractivity contribution in [2.75, 3.05) is 0 Å². The Bertz CT molecular complexity index is 535. The summed E-state index contributed by atoms with van der Waals surface area (Å²) in [6, 6.07) is 14.2. The van der Waals surface area contributed by atoms with Crippen LogP contribution in [-0.4, -0.2) is 5.11 Å². The maximum Gasteiger partial charge on any atom is 0.0934 e. The van der Waals surface area contributed by atoms with Crippen molar-refractivity contribution in [1.29, 1.82) is 0 Å². The molecule has 2 atom stereocenters. The second kappa shape index (κ2) is 4.34. The molecule has 2 aromatic rings. The van der Waals surface area contributed by atoms with Crippen molar-refractivity contribution in [3.8, 4) is 0 Å². The zero-order valence-corrected chi connectivity index (χ0v) is 10.4. The lowest BCUT2D eigenvalue weighted by Gasteiger charge is -2.30. The van der Waals surface area contributed by atoms with Gasteiger partial charge in [0.05, 0.1) is 5.60 Å². The smallest absolute Gasteiger partial charge is 0.0934 e. The van der Waals surface area contributed by atoms with Crippen molar-refractivity contribution >= 4 is 10.8 Å². The molecule has 0 fully saturated rings. The van der Waals surface area contributed by atoms with Crippen molar-refractivity contribution in [1.82, 2.24) is 0 Å². The van der Waals surface area contributed by atoms with Gasteiger partial charge in [-0.15, -0.1) is 6.58 Å². The van der Waals surface area contributed by atoms with Crippen molar-refractivity contribution in [3.63, 3.8) is 0 Å². The molecular formula is C16H18O. The summed E-state index contributed by atoms with van der Waals surface area (Å²) in [5.74, 6) is 0.00769. The van der Waals surface area contributed by atoms with Gasteiger partial charge in [0.25, 0.3) is 0 Å². The van der Waals surface area contributed by atoms with Crippen LogP contribution in [0.5, 0.6) is 0 Å². The van der Waals surface area contributed by atoms with E-state index in [1.807, 2.05) is 38.1 Å². The highest BCUT2D eigenvalue weighted by atomic mass is 16.3. The first kappa shape index (κ1) is 11.9.